The highest BCUT2D eigenvalue weighted by atomic mass is 35.5. The summed E-state index contributed by atoms with van der Waals surface area (Å²) in [6.45, 7) is 0. The van der Waals surface area contributed by atoms with Crippen LogP contribution in [0, 0.1) is 11.3 Å². The predicted octanol–water partition coefficient (Wildman–Crippen LogP) is 5.57. The number of furan rings is 1. The minimum atomic E-state index is -1.02. The van der Waals surface area contributed by atoms with E-state index in [2.05, 4.69) is 16.0 Å². The molecule has 3 heterocycles. The van der Waals surface area contributed by atoms with E-state index in [0.717, 1.165) is 10.7 Å². The van der Waals surface area contributed by atoms with Crippen molar-refractivity contribution in [3.05, 3.63) is 75.7 Å². The molecule has 0 radical (unpaired) electrons. The number of nitrogens with zero attached hydrogens (tertiary/aromatic N) is 4. The molecular weight excluding hydrogens is 440 g/mol. The zero-order chi connectivity index (χ0) is 21.1. The average Bonchev–Trinajstić information content (AvgIpc) is 3.49. The number of nitriles is 1. The molecule has 3 aromatic heterocycles. The molecule has 1 atom stereocenters. The van der Waals surface area contributed by atoms with E-state index in [1.807, 2.05) is 35.3 Å². The summed E-state index contributed by atoms with van der Waals surface area (Å²) in [7, 11) is 1.91. The van der Waals surface area contributed by atoms with E-state index in [1.165, 1.54) is 23.1 Å². The van der Waals surface area contributed by atoms with Crippen molar-refractivity contribution in [3.63, 3.8) is 0 Å². The number of ketones is 1. The highest BCUT2D eigenvalue weighted by Crippen LogP contribution is 2.30. The number of halogens is 1. The molecule has 0 aliphatic carbocycles. The summed E-state index contributed by atoms with van der Waals surface area (Å²) in [5.41, 5.74) is 1.57. The van der Waals surface area contributed by atoms with Crippen LogP contribution in [-0.4, -0.2) is 20.3 Å². The Hall–Kier alpha value is -2.86. The van der Waals surface area contributed by atoms with E-state index in [0.29, 0.717) is 27.2 Å². The van der Waals surface area contributed by atoms with E-state index in [-0.39, 0.29) is 5.76 Å². The van der Waals surface area contributed by atoms with Crippen molar-refractivity contribution in [2.75, 3.05) is 0 Å². The van der Waals surface area contributed by atoms with E-state index in [1.54, 1.807) is 30.5 Å². The Labute approximate surface area is 186 Å². The quantitative estimate of drug-likeness (QED) is 0.268. The van der Waals surface area contributed by atoms with Gasteiger partial charge in [-0.2, -0.15) is 5.26 Å². The van der Waals surface area contributed by atoms with Crippen LogP contribution in [0.4, 0.5) is 0 Å². The first kappa shape index (κ1) is 20.4. The highest BCUT2D eigenvalue weighted by molar-refractivity contribution is 7.98. The number of hydrogen-bond acceptors (Lipinski definition) is 7. The number of carbonyl (C=O) groups excluding carboxylic acids is 1. The molecule has 0 aliphatic rings. The van der Waals surface area contributed by atoms with Crippen LogP contribution in [0.25, 0.3) is 11.3 Å². The van der Waals surface area contributed by atoms with Crippen molar-refractivity contribution in [1.29, 1.82) is 5.26 Å². The van der Waals surface area contributed by atoms with Gasteiger partial charge in [0.1, 0.15) is 10.8 Å². The molecule has 1 aromatic carbocycles. The maximum Gasteiger partial charge on any atom is 0.222 e. The minimum Gasteiger partial charge on any atom is -0.457 e. The average molecular weight is 455 g/mol. The number of hydrogen-bond donors (Lipinski definition) is 0. The number of thioether (sulfide) groups is 1. The molecule has 6 nitrogen and oxygen atoms in total. The van der Waals surface area contributed by atoms with Crippen LogP contribution in [0.5, 0.6) is 0 Å². The Morgan fingerprint density at radius 1 is 1.33 bits per heavy atom. The zero-order valence-corrected chi connectivity index (χ0v) is 18.2. The van der Waals surface area contributed by atoms with E-state index in [9.17, 15) is 10.1 Å². The van der Waals surface area contributed by atoms with Crippen LogP contribution < -0.4 is 0 Å². The summed E-state index contributed by atoms with van der Waals surface area (Å²) in [4.78, 5) is 21.6. The van der Waals surface area contributed by atoms with E-state index < -0.39 is 11.7 Å². The van der Waals surface area contributed by atoms with Gasteiger partial charge in [0.05, 0.1) is 17.5 Å². The van der Waals surface area contributed by atoms with Gasteiger partial charge in [0.15, 0.2) is 16.8 Å². The molecule has 0 fully saturated rings. The molecule has 0 bridgehead atoms. The standard InChI is InChI=1S/C21H15ClN4O2S2/c1-26-9-8-24-21(26)30-11-15-6-7-18(28-15)19(27)16(10-23)20-25-17(12-29-20)13-2-4-14(22)5-3-13/h2-9,12,16H,11H2,1H3. The van der Waals surface area contributed by atoms with Gasteiger partial charge in [-0.15, -0.1) is 11.3 Å². The maximum absolute atomic E-state index is 12.9. The monoisotopic (exact) mass is 454 g/mol. The first-order valence-corrected chi connectivity index (χ1v) is 11.1. The first-order chi connectivity index (χ1) is 14.5. The zero-order valence-electron chi connectivity index (χ0n) is 15.8. The third-order valence-electron chi connectivity index (χ3n) is 4.33. The Morgan fingerprint density at radius 3 is 2.83 bits per heavy atom. The molecule has 0 saturated carbocycles. The van der Waals surface area contributed by atoms with Gasteiger partial charge in [0, 0.05) is 35.4 Å². The smallest absolute Gasteiger partial charge is 0.222 e. The first-order valence-electron chi connectivity index (χ1n) is 8.89. The molecule has 0 aliphatic heterocycles. The molecule has 0 N–H and O–H groups in total. The fourth-order valence-corrected chi connectivity index (χ4v) is 4.58. The molecule has 1 unspecified atom stereocenters. The van der Waals surface area contributed by atoms with Crippen LogP contribution in [-0.2, 0) is 12.8 Å². The molecule has 150 valence electrons. The van der Waals surface area contributed by atoms with Crippen molar-refractivity contribution in [3.8, 4) is 17.3 Å². The van der Waals surface area contributed by atoms with Gasteiger partial charge < -0.3 is 8.98 Å². The van der Waals surface area contributed by atoms with Gasteiger partial charge in [-0.3, -0.25) is 4.79 Å². The van der Waals surface area contributed by atoms with E-state index >= 15 is 0 Å². The lowest BCUT2D eigenvalue weighted by Crippen LogP contribution is -2.10. The van der Waals surface area contributed by atoms with Gasteiger partial charge in [0.2, 0.25) is 5.78 Å². The summed E-state index contributed by atoms with van der Waals surface area (Å²) < 4.78 is 7.61. The highest BCUT2D eigenvalue weighted by Gasteiger charge is 2.27. The van der Waals surface area contributed by atoms with Gasteiger partial charge in [-0.25, -0.2) is 9.97 Å². The Morgan fingerprint density at radius 2 is 2.13 bits per heavy atom. The lowest BCUT2D eigenvalue weighted by atomic mass is 10.0. The Bertz CT molecular complexity index is 1220. The fraction of sp³-hybridized carbons (Fsp3) is 0.143. The number of Topliss-reactive ketones (excluding diaryl/α,β-unsaturated/α-hetero) is 1. The fourth-order valence-electron chi connectivity index (χ4n) is 2.76. The molecule has 4 aromatic rings. The minimum absolute atomic E-state index is 0.153. The third-order valence-corrected chi connectivity index (χ3v) is 6.57. The summed E-state index contributed by atoms with van der Waals surface area (Å²) in [5.74, 6) is -0.0860. The molecule has 0 amide bonds. The van der Waals surface area contributed by atoms with Crippen molar-refractivity contribution < 1.29 is 9.21 Å². The second kappa shape index (κ2) is 8.88. The van der Waals surface area contributed by atoms with Gasteiger partial charge in [0.25, 0.3) is 0 Å². The lowest BCUT2D eigenvalue weighted by Gasteiger charge is -2.03. The van der Waals surface area contributed by atoms with Crippen LogP contribution in [0.3, 0.4) is 0 Å². The molecule has 0 saturated heterocycles. The topological polar surface area (TPSA) is 84.7 Å². The van der Waals surface area contributed by atoms with Crippen molar-refractivity contribution >= 4 is 40.5 Å². The van der Waals surface area contributed by atoms with Crippen molar-refractivity contribution in [1.82, 2.24) is 14.5 Å². The lowest BCUT2D eigenvalue weighted by molar-refractivity contribution is 0.0950. The van der Waals surface area contributed by atoms with Crippen LogP contribution >= 0.6 is 34.7 Å². The number of aromatic nitrogens is 3. The number of thiazole rings is 1. The number of imidazole rings is 1. The van der Waals surface area contributed by atoms with Crippen LogP contribution in [0.2, 0.25) is 5.02 Å². The summed E-state index contributed by atoms with van der Waals surface area (Å²) in [6, 6.07) is 12.7. The molecule has 0 spiro atoms. The van der Waals surface area contributed by atoms with Crippen molar-refractivity contribution in [2.24, 2.45) is 7.05 Å². The number of aryl methyl sites for hydroxylation is 1. The van der Waals surface area contributed by atoms with E-state index in [4.69, 9.17) is 16.0 Å². The molecular formula is C21H15ClN4O2S2. The SMILES string of the molecule is Cn1ccnc1SCc1ccc(C(=O)C(C#N)c2nc(-c3ccc(Cl)cc3)cs2)o1. The normalized spacial score (nSPS) is 11.9. The predicted molar refractivity (Wildman–Crippen MR) is 117 cm³/mol. The maximum atomic E-state index is 12.9. The summed E-state index contributed by atoms with van der Waals surface area (Å²) in [5, 5.41) is 13.4. The third kappa shape index (κ3) is 4.33. The Kier molecular flexibility index (Phi) is 6.04. The molecule has 9 heteroatoms. The van der Waals surface area contributed by atoms with Gasteiger partial charge >= 0.3 is 0 Å². The summed E-state index contributed by atoms with van der Waals surface area (Å²) >= 11 is 8.71. The molecule has 30 heavy (non-hydrogen) atoms. The molecule has 4 rings (SSSR count). The second-order valence-electron chi connectivity index (χ2n) is 6.38. The van der Waals surface area contributed by atoms with Gasteiger partial charge in [-0.1, -0.05) is 35.5 Å². The van der Waals surface area contributed by atoms with Crippen LogP contribution in [0.15, 0.2) is 63.7 Å². The number of benzene rings is 1. The Balaban J connectivity index is 1.48. The van der Waals surface area contributed by atoms with Crippen molar-refractivity contribution in [2.45, 2.75) is 16.8 Å². The second-order valence-corrected chi connectivity index (χ2v) is 8.65. The number of carbonyl (C=O) groups is 1. The number of rotatable bonds is 7. The van der Waals surface area contributed by atoms with Crippen LogP contribution in [0.1, 0.15) is 27.2 Å². The largest absolute Gasteiger partial charge is 0.457 e. The summed E-state index contributed by atoms with van der Waals surface area (Å²) in [6.07, 6.45) is 3.59. The van der Waals surface area contributed by atoms with Gasteiger partial charge in [-0.05, 0) is 24.3 Å².